The number of furan rings is 1. The van der Waals surface area contributed by atoms with Crippen LogP contribution in [0.5, 0.6) is 0 Å². The zero-order chi connectivity index (χ0) is 13.8. The number of anilines is 1. The lowest BCUT2D eigenvalue weighted by molar-refractivity contribution is 0.495. The molecule has 0 saturated heterocycles. The fraction of sp³-hybridized carbons (Fsp3) is 0.250. The standard InChI is InChI=1S/C16H17N3O/c1-12(4-6-14-3-2-10-20-14)19-13-5-7-15-16(11-13)18-9-8-17-15/h2-3,5,7-12,19H,4,6H2,1H3. The molecule has 0 spiro atoms. The molecule has 0 amide bonds. The van der Waals surface area contributed by atoms with E-state index in [0.717, 1.165) is 35.3 Å². The van der Waals surface area contributed by atoms with E-state index in [1.807, 2.05) is 30.3 Å². The van der Waals surface area contributed by atoms with E-state index >= 15 is 0 Å². The SMILES string of the molecule is CC(CCc1ccco1)Nc1ccc2nccnc2c1. The molecule has 3 rings (SSSR count). The molecule has 2 aromatic heterocycles. The average molecular weight is 267 g/mol. The van der Waals surface area contributed by atoms with Gasteiger partial charge in [-0.05, 0) is 43.7 Å². The lowest BCUT2D eigenvalue weighted by Gasteiger charge is -2.14. The molecule has 0 saturated carbocycles. The Kier molecular flexibility index (Phi) is 3.63. The van der Waals surface area contributed by atoms with E-state index in [0.29, 0.717) is 6.04 Å². The molecule has 4 heteroatoms. The third-order valence-corrected chi connectivity index (χ3v) is 3.29. The molecule has 102 valence electrons. The van der Waals surface area contributed by atoms with Gasteiger partial charge >= 0.3 is 0 Å². The number of aromatic nitrogens is 2. The summed E-state index contributed by atoms with van der Waals surface area (Å²) in [4.78, 5) is 8.59. The van der Waals surface area contributed by atoms with Crippen molar-refractivity contribution in [3.05, 3.63) is 54.7 Å². The molecular weight excluding hydrogens is 250 g/mol. The molecule has 0 aliphatic carbocycles. The van der Waals surface area contributed by atoms with Gasteiger partial charge in [-0.25, -0.2) is 0 Å². The van der Waals surface area contributed by atoms with Gasteiger partial charge in [-0.15, -0.1) is 0 Å². The second-order valence-electron chi connectivity index (χ2n) is 4.92. The van der Waals surface area contributed by atoms with Gasteiger partial charge in [-0.1, -0.05) is 0 Å². The van der Waals surface area contributed by atoms with Crippen molar-refractivity contribution in [1.29, 1.82) is 0 Å². The summed E-state index contributed by atoms with van der Waals surface area (Å²) in [7, 11) is 0. The van der Waals surface area contributed by atoms with Crippen molar-refractivity contribution >= 4 is 16.7 Å². The first-order valence-electron chi connectivity index (χ1n) is 6.81. The molecule has 1 N–H and O–H groups in total. The predicted octanol–water partition coefficient (Wildman–Crippen LogP) is 3.66. The molecule has 3 aromatic rings. The van der Waals surface area contributed by atoms with Crippen LogP contribution in [-0.2, 0) is 6.42 Å². The van der Waals surface area contributed by atoms with Crippen LogP contribution < -0.4 is 5.32 Å². The van der Waals surface area contributed by atoms with Crippen molar-refractivity contribution in [3.63, 3.8) is 0 Å². The van der Waals surface area contributed by atoms with Gasteiger partial charge in [0, 0.05) is 30.5 Å². The van der Waals surface area contributed by atoms with Gasteiger partial charge in [0.1, 0.15) is 5.76 Å². The summed E-state index contributed by atoms with van der Waals surface area (Å²) in [6.07, 6.45) is 7.10. The van der Waals surface area contributed by atoms with Crippen LogP contribution in [0.25, 0.3) is 11.0 Å². The zero-order valence-corrected chi connectivity index (χ0v) is 11.4. The van der Waals surface area contributed by atoms with Gasteiger partial charge in [0.25, 0.3) is 0 Å². The molecule has 0 aliphatic rings. The number of hydrogen-bond acceptors (Lipinski definition) is 4. The van der Waals surface area contributed by atoms with Crippen molar-refractivity contribution in [2.45, 2.75) is 25.8 Å². The average Bonchev–Trinajstić information content (AvgIpc) is 2.98. The summed E-state index contributed by atoms with van der Waals surface area (Å²) in [5.41, 5.74) is 2.90. The van der Waals surface area contributed by atoms with Gasteiger partial charge < -0.3 is 9.73 Å². The van der Waals surface area contributed by atoms with Crippen molar-refractivity contribution in [3.8, 4) is 0 Å². The number of rotatable bonds is 5. The monoisotopic (exact) mass is 267 g/mol. The van der Waals surface area contributed by atoms with Gasteiger partial charge in [-0.3, -0.25) is 9.97 Å². The first-order valence-corrected chi connectivity index (χ1v) is 6.81. The Morgan fingerprint density at radius 1 is 1.15 bits per heavy atom. The summed E-state index contributed by atoms with van der Waals surface area (Å²) in [5, 5.41) is 3.49. The molecular formula is C16H17N3O. The number of nitrogens with zero attached hydrogens (tertiary/aromatic N) is 2. The maximum atomic E-state index is 5.35. The molecule has 2 heterocycles. The Bertz CT molecular complexity index is 679. The Labute approximate surface area is 117 Å². The van der Waals surface area contributed by atoms with Crippen LogP contribution in [0, 0.1) is 0 Å². The van der Waals surface area contributed by atoms with Crippen molar-refractivity contribution in [1.82, 2.24) is 9.97 Å². The van der Waals surface area contributed by atoms with Gasteiger partial charge in [-0.2, -0.15) is 0 Å². The van der Waals surface area contributed by atoms with Crippen molar-refractivity contribution in [2.24, 2.45) is 0 Å². The Morgan fingerprint density at radius 2 is 2.00 bits per heavy atom. The number of aryl methyl sites for hydroxylation is 1. The molecule has 1 aromatic carbocycles. The lowest BCUT2D eigenvalue weighted by Crippen LogP contribution is -2.15. The minimum Gasteiger partial charge on any atom is -0.469 e. The Morgan fingerprint density at radius 3 is 2.80 bits per heavy atom. The van der Waals surface area contributed by atoms with E-state index in [-0.39, 0.29) is 0 Å². The molecule has 4 nitrogen and oxygen atoms in total. The van der Waals surface area contributed by atoms with Crippen LogP contribution in [0.4, 0.5) is 5.69 Å². The quantitative estimate of drug-likeness (QED) is 0.766. The number of nitrogens with one attached hydrogen (secondary N) is 1. The fourth-order valence-electron chi connectivity index (χ4n) is 2.22. The molecule has 0 fully saturated rings. The maximum absolute atomic E-state index is 5.35. The summed E-state index contributed by atoms with van der Waals surface area (Å²) < 4.78 is 5.35. The van der Waals surface area contributed by atoms with E-state index in [9.17, 15) is 0 Å². The summed E-state index contributed by atoms with van der Waals surface area (Å²) in [6.45, 7) is 2.17. The van der Waals surface area contributed by atoms with Crippen LogP contribution in [0.15, 0.2) is 53.4 Å². The normalized spacial score (nSPS) is 12.4. The predicted molar refractivity (Wildman–Crippen MR) is 79.7 cm³/mol. The van der Waals surface area contributed by atoms with E-state index in [1.165, 1.54) is 0 Å². The van der Waals surface area contributed by atoms with E-state index in [4.69, 9.17) is 4.42 Å². The van der Waals surface area contributed by atoms with Gasteiger partial charge in [0.05, 0.1) is 17.3 Å². The Hall–Kier alpha value is -2.36. The smallest absolute Gasteiger partial charge is 0.103 e. The van der Waals surface area contributed by atoms with E-state index < -0.39 is 0 Å². The third-order valence-electron chi connectivity index (χ3n) is 3.29. The van der Waals surface area contributed by atoms with Crippen LogP contribution in [0.3, 0.4) is 0 Å². The highest BCUT2D eigenvalue weighted by Crippen LogP contribution is 2.17. The highest BCUT2D eigenvalue weighted by Gasteiger charge is 2.05. The van der Waals surface area contributed by atoms with Crippen LogP contribution in [-0.4, -0.2) is 16.0 Å². The number of fused-ring (bicyclic) bond motifs is 1. The lowest BCUT2D eigenvalue weighted by atomic mass is 10.1. The second kappa shape index (κ2) is 5.74. The zero-order valence-electron chi connectivity index (χ0n) is 11.4. The molecule has 1 atom stereocenters. The van der Waals surface area contributed by atoms with E-state index in [2.05, 4.69) is 22.2 Å². The largest absolute Gasteiger partial charge is 0.469 e. The third kappa shape index (κ3) is 2.96. The molecule has 0 bridgehead atoms. The second-order valence-corrected chi connectivity index (χ2v) is 4.92. The topological polar surface area (TPSA) is 51.0 Å². The highest BCUT2D eigenvalue weighted by molar-refractivity contribution is 5.78. The number of hydrogen-bond donors (Lipinski definition) is 1. The first kappa shape index (κ1) is 12.7. The summed E-state index contributed by atoms with van der Waals surface area (Å²) >= 11 is 0. The van der Waals surface area contributed by atoms with Gasteiger partial charge in [0.15, 0.2) is 0 Å². The minimum atomic E-state index is 0.370. The van der Waals surface area contributed by atoms with Crippen molar-refractivity contribution < 1.29 is 4.42 Å². The van der Waals surface area contributed by atoms with Crippen LogP contribution in [0.1, 0.15) is 19.1 Å². The van der Waals surface area contributed by atoms with Crippen LogP contribution in [0.2, 0.25) is 0 Å². The fourth-order valence-corrected chi connectivity index (χ4v) is 2.22. The molecule has 20 heavy (non-hydrogen) atoms. The molecule has 1 unspecified atom stereocenters. The molecule has 0 aliphatic heterocycles. The maximum Gasteiger partial charge on any atom is 0.103 e. The van der Waals surface area contributed by atoms with Crippen molar-refractivity contribution in [2.75, 3.05) is 5.32 Å². The molecule has 0 radical (unpaired) electrons. The van der Waals surface area contributed by atoms with Gasteiger partial charge in [0.2, 0.25) is 0 Å². The van der Waals surface area contributed by atoms with E-state index in [1.54, 1.807) is 18.7 Å². The first-order chi connectivity index (χ1) is 9.81. The summed E-state index contributed by atoms with van der Waals surface area (Å²) in [6, 6.07) is 10.4. The number of benzene rings is 1. The Balaban J connectivity index is 1.63. The minimum absolute atomic E-state index is 0.370. The summed E-state index contributed by atoms with van der Waals surface area (Å²) in [5.74, 6) is 1.03. The highest BCUT2D eigenvalue weighted by atomic mass is 16.3. The van der Waals surface area contributed by atoms with Crippen LogP contribution >= 0.6 is 0 Å².